The van der Waals surface area contributed by atoms with E-state index in [0.29, 0.717) is 5.41 Å². The molecule has 1 aromatic heterocycles. The van der Waals surface area contributed by atoms with E-state index >= 15 is 0 Å². The van der Waals surface area contributed by atoms with Crippen molar-refractivity contribution in [1.29, 1.82) is 0 Å². The van der Waals surface area contributed by atoms with Crippen molar-refractivity contribution in [2.45, 2.75) is 79.8 Å². The van der Waals surface area contributed by atoms with E-state index in [1.54, 1.807) is 0 Å². The van der Waals surface area contributed by atoms with E-state index in [1.165, 1.54) is 19.3 Å². The molecule has 0 aliphatic carbocycles. The Morgan fingerprint density at radius 3 is 2.16 bits per heavy atom. The lowest BCUT2D eigenvalue weighted by Gasteiger charge is -2.27. The smallest absolute Gasteiger partial charge is 0.237 e. The van der Waals surface area contributed by atoms with Crippen molar-refractivity contribution in [2.75, 3.05) is 0 Å². The van der Waals surface area contributed by atoms with Crippen LogP contribution in [0, 0.1) is 11.3 Å². The van der Waals surface area contributed by atoms with Crippen LogP contribution >= 0.6 is 0 Å². The average Bonchev–Trinajstić information content (AvgIpc) is 2.70. The van der Waals surface area contributed by atoms with E-state index in [1.807, 2.05) is 0 Å². The van der Waals surface area contributed by atoms with E-state index in [2.05, 4.69) is 76.3 Å². The Kier molecular flexibility index (Phi) is 5.23. The molecule has 19 heavy (non-hydrogen) atoms. The maximum Gasteiger partial charge on any atom is 0.244 e. The van der Waals surface area contributed by atoms with Gasteiger partial charge in [-0.25, -0.2) is 9.13 Å². The van der Waals surface area contributed by atoms with Crippen LogP contribution in [0.2, 0.25) is 0 Å². The lowest BCUT2D eigenvalue weighted by atomic mass is 9.79. The number of aromatic nitrogens is 2. The minimum Gasteiger partial charge on any atom is -0.237 e. The number of unbranched alkanes of at least 4 members (excludes halogenated alkanes) is 1. The number of hydrogen-bond acceptors (Lipinski definition) is 0. The first kappa shape index (κ1) is 16.3. The molecule has 0 aliphatic heterocycles. The SMILES string of the molecule is CC(CCCC[n+]1ccn(C(C)(C)C)c1)C(C)(C)C. The van der Waals surface area contributed by atoms with Crippen LogP contribution in [0.5, 0.6) is 0 Å². The molecule has 110 valence electrons. The number of imidazole rings is 1. The Morgan fingerprint density at radius 2 is 1.68 bits per heavy atom. The molecule has 1 unspecified atom stereocenters. The van der Waals surface area contributed by atoms with Crippen LogP contribution in [-0.2, 0) is 12.1 Å². The molecule has 1 heterocycles. The summed E-state index contributed by atoms with van der Waals surface area (Å²) in [6.07, 6.45) is 10.5. The standard InChI is InChI=1S/C17H33N2/c1-15(16(2,3)4)10-8-9-11-18-12-13-19(14-18)17(5,6)7/h12-15H,8-11H2,1-7H3/q+1. The molecule has 0 aliphatic rings. The summed E-state index contributed by atoms with van der Waals surface area (Å²) >= 11 is 0. The van der Waals surface area contributed by atoms with Gasteiger partial charge in [0.05, 0.1) is 6.54 Å². The number of rotatable bonds is 5. The van der Waals surface area contributed by atoms with Crippen molar-refractivity contribution < 1.29 is 4.57 Å². The average molecular weight is 265 g/mol. The van der Waals surface area contributed by atoms with Crippen molar-refractivity contribution in [3.05, 3.63) is 18.7 Å². The van der Waals surface area contributed by atoms with Crippen molar-refractivity contribution in [1.82, 2.24) is 4.57 Å². The summed E-state index contributed by atoms with van der Waals surface area (Å²) in [5, 5.41) is 0. The van der Waals surface area contributed by atoms with Crippen molar-refractivity contribution in [3.8, 4) is 0 Å². The lowest BCUT2D eigenvalue weighted by molar-refractivity contribution is -0.697. The van der Waals surface area contributed by atoms with Gasteiger partial charge in [0.1, 0.15) is 17.9 Å². The highest BCUT2D eigenvalue weighted by Gasteiger charge is 2.20. The molecule has 1 aromatic rings. The summed E-state index contributed by atoms with van der Waals surface area (Å²) in [5.41, 5.74) is 0.634. The first-order valence-electron chi connectivity index (χ1n) is 7.68. The van der Waals surface area contributed by atoms with Gasteiger partial charge in [-0.15, -0.1) is 0 Å². The van der Waals surface area contributed by atoms with Gasteiger partial charge in [-0.05, 0) is 44.9 Å². The molecule has 1 rings (SSSR count). The Bertz CT molecular complexity index is 377. The third-order valence-corrected chi connectivity index (χ3v) is 4.25. The van der Waals surface area contributed by atoms with Crippen molar-refractivity contribution in [3.63, 3.8) is 0 Å². The minimum absolute atomic E-state index is 0.187. The second kappa shape index (κ2) is 6.11. The zero-order valence-electron chi connectivity index (χ0n) is 14.0. The third kappa shape index (κ3) is 5.38. The highest BCUT2D eigenvalue weighted by Crippen LogP contribution is 2.29. The van der Waals surface area contributed by atoms with Crippen molar-refractivity contribution >= 4 is 0 Å². The Hall–Kier alpha value is -0.790. The molecule has 0 N–H and O–H groups in total. The molecule has 0 saturated carbocycles. The Morgan fingerprint density at radius 1 is 1.05 bits per heavy atom. The van der Waals surface area contributed by atoms with Gasteiger partial charge in [0, 0.05) is 0 Å². The summed E-state index contributed by atoms with van der Waals surface area (Å²) in [6, 6.07) is 0. The summed E-state index contributed by atoms with van der Waals surface area (Å²) in [7, 11) is 0. The quantitative estimate of drug-likeness (QED) is 0.552. The maximum absolute atomic E-state index is 2.38. The van der Waals surface area contributed by atoms with Crippen LogP contribution in [0.1, 0.15) is 67.7 Å². The van der Waals surface area contributed by atoms with Crippen LogP contribution in [0.25, 0.3) is 0 Å². The van der Waals surface area contributed by atoms with Gasteiger partial charge in [-0.2, -0.15) is 0 Å². The van der Waals surface area contributed by atoms with Gasteiger partial charge < -0.3 is 0 Å². The first-order valence-corrected chi connectivity index (χ1v) is 7.68. The van der Waals surface area contributed by atoms with E-state index in [4.69, 9.17) is 0 Å². The number of nitrogens with zero attached hydrogens (tertiary/aromatic N) is 2. The van der Waals surface area contributed by atoms with Gasteiger partial charge in [-0.3, -0.25) is 0 Å². The molecular weight excluding hydrogens is 232 g/mol. The van der Waals surface area contributed by atoms with Gasteiger partial charge >= 0.3 is 0 Å². The topological polar surface area (TPSA) is 8.81 Å². The van der Waals surface area contributed by atoms with Gasteiger partial charge in [-0.1, -0.05) is 34.1 Å². The summed E-state index contributed by atoms with van der Waals surface area (Å²) in [4.78, 5) is 0. The maximum atomic E-state index is 2.38. The zero-order valence-corrected chi connectivity index (χ0v) is 14.0. The Labute approximate surface area is 119 Å². The Balaban J connectivity index is 2.33. The van der Waals surface area contributed by atoms with Crippen LogP contribution in [0.15, 0.2) is 18.7 Å². The molecule has 1 atom stereocenters. The molecule has 0 fully saturated rings. The van der Waals surface area contributed by atoms with Crippen LogP contribution in [0.3, 0.4) is 0 Å². The molecule has 0 spiro atoms. The second-order valence-electron chi connectivity index (χ2n) is 7.99. The summed E-state index contributed by atoms with van der Waals surface area (Å²) in [6.45, 7) is 17.3. The normalized spacial score (nSPS) is 14.7. The zero-order chi connectivity index (χ0) is 14.7. The molecule has 0 bridgehead atoms. The van der Waals surface area contributed by atoms with E-state index in [9.17, 15) is 0 Å². The predicted octanol–water partition coefficient (Wildman–Crippen LogP) is 4.38. The molecule has 2 heteroatoms. The third-order valence-electron chi connectivity index (χ3n) is 4.25. The highest BCUT2D eigenvalue weighted by atomic mass is 15.1. The van der Waals surface area contributed by atoms with Gasteiger partial charge in [0.2, 0.25) is 6.33 Å². The van der Waals surface area contributed by atoms with Crippen LogP contribution in [0.4, 0.5) is 0 Å². The van der Waals surface area contributed by atoms with E-state index in [-0.39, 0.29) is 5.54 Å². The number of aryl methyl sites for hydroxylation is 1. The molecule has 0 saturated heterocycles. The van der Waals surface area contributed by atoms with Crippen LogP contribution in [-0.4, -0.2) is 4.57 Å². The molecule has 2 nitrogen and oxygen atoms in total. The van der Waals surface area contributed by atoms with Crippen molar-refractivity contribution in [2.24, 2.45) is 11.3 Å². The van der Waals surface area contributed by atoms with Crippen LogP contribution < -0.4 is 4.57 Å². The highest BCUT2D eigenvalue weighted by molar-refractivity contribution is 4.78. The predicted molar refractivity (Wildman–Crippen MR) is 82.1 cm³/mol. The van der Waals surface area contributed by atoms with E-state index in [0.717, 1.165) is 12.5 Å². The minimum atomic E-state index is 0.187. The number of hydrogen-bond donors (Lipinski definition) is 0. The first-order chi connectivity index (χ1) is 8.60. The summed E-state index contributed by atoms with van der Waals surface area (Å²) in [5.74, 6) is 0.802. The fraction of sp³-hybridized carbons (Fsp3) is 0.824. The largest absolute Gasteiger partial charge is 0.244 e. The molecule has 0 radical (unpaired) electrons. The molecule has 0 amide bonds. The molecule has 0 aromatic carbocycles. The van der Waals surface area contributed by atoms with Gasteiger partial charge in [0.15, 0.2) is 0 Å². The second-order valence-corrected chi connectivity index (χ2v) is 7.99. The summed E-state index contributed by atoms with van der Waals surface area (Å²) < 4.78 is 4.60. The van der Waals surface area contributed by atoms with Gasteiger partial charge in [0.25, 0.3) is 0 Å². The lowest BCUT2D eigenvalue weighted by Crippen LogP contribution is -2.32. The van der Waals surface area contributed by atoms with E-state index < -0.39 is 0 Å². The fourth-order valence-corrected chi connectivity index (χ4v) is 2.10. The fourth-order valence-electron chi connectivity index (χ4n) is 2.10. The monoisotopic (exact) mass is 265 g/mol. The molecular formula is C17H33N2+.